The summed E-state index contributed by atoms with van der Waals surface area (Å²) in [5.74, 6) is 0.570. The van der Waals surface area contributed by atoms with Gasteiger partial charge in [-0.25, -0.2) is 0 Å². The number of ether oxygens (including phenoxy) is 1. The molecule has 2 unspecified atom stereocenters. The van der Waals surface area contributed by atoms with Gasteiger partial charge in [0.05, 0.1) is 30.1 Å². The molecular formula is C14H23ClN2O2. The number of methoxy groups -OCH3 is 1. The van der Waals surface area contributed by atoms with E-state index in [1.165, 1.54) is 6.42 Å². The average Bonchev–Trinajstić information content (AvgIpc) is 2.78. The van der Waals surface area contributed by atoms with Crippen LogP contribution in [-0.4, -0.2) is 28.6 Å². The van der Waals surface area contributed by atoms with Gasteiger partial charge in [0.15, 0.2) is 0 Å². The van der Waals surface area contributed by atoms with Crippen LogP contribution in [0.5, 0.6) is 0 Å². The number of aliphatic hydroxyl groups is 1. The molecule has 0 amide bonds. The van der Waals surface area contributed by atoms with Gasteiger partial charge in [-0.15, -0.1) is 0 Å². The van der Waals surface area contributed by atoms with E-state index in [0.29, 0.717) is 24.1 Å². The van der Waals surface area contributed by atoms with Crippen LogP contribution in [0.2, 0.25) is 5.02 Å². The van der Waals surface area contributed by atoms with Crippen LogP contribution in [0.25, 0.3) is 0 Å². The van der Waals surface area contributed by atoms with Gasteiger partial charge in [-0.1, -0.05) is 31.4 Å². The molecule has 0 saturated heterocycles. The van der Waals surface area contributed by atoms with Gasteiger partial charge < -0.3 is 9.84 Å². The summed E-state index contributed by atoms with van der Waals surface area (Å²) >= 11 is 6.25. The van der Waals surface area contributed by atoms with Crippen molar-refractivity contribution in [3.05, 3.63) is 16.9 Å². The smallest absolute Gasteiger partial charge is 0.108 e. The Morgan fingerprint density at radius 2 is 2.42 bits per heavy atom. The largest absolute Gasteiger partial charge is 0.384 e. The van der Waals surface area contributed by atoms with E-state index in [2.05, 4.69) is 12.0 Å². The second kappa shape index (κ2) is 6.25. The van der Waals surface area contributed by atoms with Gasteiger partial charge in [0, 0.05) is 7.11 Å². The van der Waals surface area contributed by atoms with E-state index in [-0.39, 0.29) is 0 Å². The third-order valence-corrected chi connectivity index (χ3v) is 4.43. The minimum atomic E-state index is -0.833. The van der Waals surface area contributed by atoms with Crippen molar-refractivity contribution in [2.24, 2.45) is 5.92 Å². The normalized spacial score (nSPS) is 27.7. The van der Waals surface area contributed by atoms with Gasteiger partial charge in [0.1, 0.15) is 5.60 Å². The predicted molar refractivity (Wildman–Crippen MR) is 75.3 cm³/mol. The molecule has 0 aliphatic heterocycles. The zero-order valence-corrected chi connectivity index (χ0v) is 12.5. The molecule has 0 radical (unpaired) electrons. The fourth-order valence-corrected chi connectivity index (χ4v) is 3.42. The highest BCUT2D eigenvalue weighted by Gasteiger charge is 2.39. The van der Waals surface area contributed by atoms with Crippen LogP contribution in [-0.2, 0) is 16.9 Å². The summed E-state index contributed by atoms with van der Waals surface area (Å²) in [6.07, 6.45) is 6.51. The summed E-state index contributed by atoms with van der Waals surface area (Å²) in [5, 5.41) is 15.8. The van der Waals surface area contributed by atoms with Crippen molar-refractivity contribution in [1.82, 2.24) is 9.78 Å². The Labute approximate surface area is 119 Å². The van der Waals surface area contributed by atoms with Gasteiger partial charge in [-0.2, -0.15) is 5.10 Å². The number of hydrogen-bond donors (Lipinski definition) is 1. The van der Waals surface area contributed by atoms with Crippen LogP contribution in [0, 0.1) is 5.92 Å². The molecule has 1 aliphatic carbocycles. The first-order valence-electron chi connectivity index (χ1n) is 7.04. The maximum atomic E-state index is 11.0. The van der Waals surface area contributed by atoms with E-state index in [4.69, 9.17) is 16.3 Å². The van der Waals surface area contributed by atoms with Gasteiger partial charge in [0.25, 0.3) is 0 Å². The fourth-order valence-electron chi connectivity index (χ4n) is 3.10. The van der Waals surface area contributed by atoms with Crippen LogP contribution < -0.4 is 0 Å². The predicted octanol–water partition coefficient (Wildman–Crippen LogP) is 2.97. The van der Waals surface area contributed by atoms with Crippen molar-refractivity contribution in [1.29, 1.82) is 0 Å². The first-order valence-corrected chi connectivity index (χ1v) is 7.41. The van der Waals surface area contributed by atoms with E-state index >= 15 is 0 Å². The summed E-state index contributed by atoms with van der Waals surface area (Å²) in [7, 11) is 1.66. The fraction of sp³-hybridized carbons (Fsp3) is 0.786. The molecule has 0 spiro atoms. The third-order valence-electron chi connectivity index (χ3n) is 4.15. The van der Waals surface area contributed by atoms with Gasteiger partial charge in [-0.05, 0) is 25.2 Å². The molecule has 0 bridgehead atoms. The number of halogens is 1. The van der Waals surface area contributed by atoms with Gasteiger partial charge >= 0.3 is 0 Å². The summed E-state index contributed by atoms with van der Waals surface area (Å²) in [6.45, 7) is 3.37. The molecule has 1 fully saturated rings. The standard InChI is InChI=1S/C14H23ClN2O2/c1-3-11-5-4-6-14(18,9-11)13-12(15)10-16-17(13)7-8-19-2/h10-11,18H,3-9H2,1-2H3. The van der Waals surface area contributed by atoms with E-state index in [0.717, 1.165) is 31.4 Å². The maximum Gasteiger partial charge on any atom is 0.108 e. The zero-order valence-electron chi connectivity index (χ0n) is 11.7. The Morgan fingerprint density at radius 3 is 3.11 bits per heavy atom. The summed E-state index contributed by atoms with van der Waals surface area (Å²) in [5.41, 5.74) is -0.0652. The number of aromatic nitrogens is 2. The first-order chi connectivity index (χ1) is 9.10. The zero-order chi connectivity index (χ0) is 13.9. The van der Waals surface area contributed by atoms with E-state index in [9.17, 15) is 5.11 Å². The second-order valence-electron chi connectivity index (χ2n) is 5.46. The van der Waals surface area contributed by atoms with Crippen LogP contribution in [0.4, 0.5) is 0 Å². The van der Waals surface area contributed by atoms with Crippen molar-refractivity contribution >= 4 is 11.6 Å². The van der Waals surface area contributed by atoms with E-state index in [1.807, 2.05) is 0 Å². The number of hydrogen-bond acceptors (Lipinski definition) is 3. The van der Waals surface area contributed by atoms with Gasteiger partial charge in [0.2, 0.25) is 0 Å². The SMILES string of the molecule is CCC1CCCC(O)(c2c(Cl)cnn2CCOC)C1. The van der Waals surface area contributed by atoms with E-state index in [1.54, 1.807) is 18.0 Å². The van der Waals surface area contributed by atoms with Crippen LogP contribution in [0.1, 0.15) is 44.7 Å². The van der Waals surface area contributed by atoms with Crippen molar-refractivity contribution in [3.63, 3.8) is 0 Å². The molecule has 1 aromatic heterocycles. The van der Waals surface area contributed by atoms with Crippen LogP contribution in [0.15, 0.2) is 6.20 Å². The Bertz CT molecular complexity index is 422. The van der Waals surface area contributed by atoms with Crippen molar-refractivity contribution in [3.8, 4) is 0 Å². The summed E-state index contributed by atoms with van der Waals surface area (Å²) in [4.78, 5) is 0. The lowest BCUT2D eigenvalue weighted by Gasteiger charge is -2.37. The van der Waals surface area contributed by atoms with Gasteiger partial charge in [-0.3, -0.25) is 4.68 Å². The maximum absolute atomic E-state index is 11.0. The van der Waals surface area contributed by atoms with Crippen molar-refractivity contribution in [2.45, 2.75) is 51.2 Å². The molecule has 1 N–H and O–H groups in total. The van der Waals surface area contributed by atoms with E-state index < -0.39 is 5.60 Å². The Kier molecular flexibility index (Phi) is 4.87. The highest BCUT2D eigenvalue weighted by atomic mass is 35.5. The molecule has 0 aromatic carbocycles. The molecular weight excluding hydrogens is 264 g/mol. The monoisotopic (exact) mass is 286 g/mol. The number of rotatable bonds is 5. The molecule has 2 atom stereocenters. The molecule has 19 heavy (non-hydrogen) atoms. The average molecular weight is 287 g/mol. The molecule has 2 rings (SSSR count). The summed E-state index contributed by atoms with van der Waals surface area (Å²) < 4.78 is 6.88. The lowest BCUT2D eigenvalue weighted by molar-refractivity contribution is -0.0296. The van der Waals surface area contributed by atoms with Crippen LogP contribution >= 0.6 is 11.6 Å². The third kappa shape index (κ3) is 3.12. The Morgan fingerprint density at radius 1 is 1.63 bits per heavy atom. The Balaban J connectivity index is 2.25. The number of nitrogens with zero attached hydrogens (tertiary/aromatic N) is 2. The first kappa shape index (κ1) is 14.8. The molecule has 1 aromatic rings. The molecule has 1 aliphatic rings. The molecule has 1 heterocycles. The Hall–Kier alpha value is -0.580. The molecule has 4 nitrogen and oxygen atoms in total. The van der Waals surface area contributed by atoms with Crippen molar-refractivity contribution in [2.75, 3.05) is 13.7 Å². The topological polar surface area (TPSA) is 47.3 Å². The van der Waals surface area contributed by atoms with Crippen molar-refractivity contribution < 1.29 is 9.84 Å². The highest BCUT2D eigenvalue weighted by molar-refractivity contribution is 6.31. The van der Waals surface area contributed by atoms with Crippen LogP contribution in [0.3, 0.4) is 0 Å². The summed E-state index contributed by atoms with van der Waals surface area (Å²) in [6, 6.07) is 0. The quantitative estimate of drug-likeness (QED) is 0.905. The lowest BCUT2D eigenvalue weighted by atomic mass is 9.75. The highest BCUT2D eigenvalue weighted by Crippen LogP contribution is 2.43. The molecule has 1 saturated carbocycles. The second-order valence-corrected chi connectivity index (χ2v) is 5.87. The molecule has 108 valence electrons. The minimum Gasteiger partial charge on any atom is -0.384 e. The lowest BCUT2D eigenvalue weighted by Crippen LogP contribution is -2.35. The molecule has 5 heteroatoms. The minimum absolute atomic E-state index is 0.565.